The van der Waals surface area contributed by atoms with Crippen LogP contribution in [0.25, 0.3) is 0 Å². The highest BCUT2D eigenvalue weighted by atomic mass is 28.4. The predicted octanol–water partition coefficient (Wildman–Crippen LogP) is 7.12. The van der Waals surface area contributed by atoms with Gasteiger partial charge in [-0.1, -0.05) is 77.7 Å². The molecule has 1 atom stereocenters. The van der Waals surface area contributed by atoms with Crippen molar-refractivity contribution in [1.29, 1.82) is 0 Å². The SMILES string of the molecule is CCCCCC/C=C/C(C)=C\[C@@H](C)CO[Si](C)(C)C(C)(C)C. The molecule has 0 unspecified atom stereocenters. The van der Waals surface area contributed by atoms with Crippen LogP contribution < -0.4 is 0 Å². The van der Waals surface area contributed by atoms with Crippen LogP contribution in [0.1, 0.15) is 73.6 Å². The van der Waals surface area contributed by atoms with Crippen molar-refractivity contribution in [2.75, 3.05) is 6.61 Å². The monoisotopic (exact) mass is 324 g/mol. The molecule has 0 radical (unpaired) electrons. The number of unbranched alkanes of at least 4 members (excludes halogenated alkanes) is 4. The summed E-state index contributed by atoms with van der Waals surface area (Å²) in [4.78, 5) is 0. The van der Waals surface area contributed by atoms with E-state index in [1.54, 1.807) is 0 Å². The fraction of sp³-hybridized carbons (Fsp3) is 0.800. The highest BCUT2D eigenvalue weighted by Crippen LogP contribution is 2.36. The van der Waals surface area contributed by atoms with Gasteiger partial charge in [-0.05, 0) is 43.8 Å². The van der Waals surface area contributed by atoms with Crippen LogP contribution in [0.4, 0.5) is 0 Å². The van der Waals surface area contributed by atoms with E-state index < -0.39 is 8.32 Å². The Morgan fingerprint density at radius 1 is 1.14 bits per heavy atom. The standard InChI is InChI=1S/C20H40OSi/c1-9-10-11-12-13-14-15-18(2)16-19(3)17-21-22(7,8)20(4,5)6/h14-16,19H,9-13,17H2,1-8H3/b15-14+,18-16-/t19-/m1/s1. The molecule has 130 valence electrons. The topological polar surface area (TPSA) is 9.23 Å². The fourth-order valence-electron chi connectivity index (χ4n) is 2.07. The van der Waals surface area contributed by atoms with E-state index in [4.69, 9.17) is 4.43 Å². The summed E-state index contributed by atoms with van der Waals surface area (Å²) in [6.45, 7) is 19.1. The molecule has 0 aliphatic carbocycles. The third-order valence-corrected chi connectivity index (χ3v) is 9.17. The van der Waals surface area contributed by atoms with E-state index in [0.717, 1.165) is 6.61 Å². The van der Waals surface area contributed by atoms with Crippen LogP contribution >= 0.6 is 0 Å². The summed E-state index contributed by atoms with van der Waals surface area (Å²) in [6.07, 6.45) is 13.5. The summed E-state index contributed by atoms with van der Waals surface area (Å²) in [6, 6.07) is 0. The van der Waals surface area contributed by atoms with Crippen LogP contribution in [-0.2, 0) is 4.43 Å². The Bertz CT molecular complexity index is 347. The molecule has 0 saturated heterocycles. The van der Waals surface area contributed by atoms with Crippen LogP contribution in [0.15, 0.2) is 23.8 Å². The van der Waals surface area contributed by atoms with E-state index in [1.807, 2.05) is 0 Å². The Morgan fingerprint density at radius 3 is 2.32 bits per heavy atom. The molecule has 0 amide bonds. The Hall–Kier alpha value is -0.343. The van der Waals surface area contributed by atoms with Gasteiger partial charge in [0.25, 0.3) is 0 Å². The molecular weight excluding hydrogens is 284 g/mol. The lowest BCUT2D eigenvalue weighted by Crippen LogP contribution is -2.41. The van der Waals surface area contributed by atoms with Crippen molar-refractivity contribution in [2.24, 2.45) is 5.92 Å². The molecule has 0 saturated carbocycles. The average Bonchev–Trinajstić information content (AvgIpc) is 2.39. The molecule has 0 heterocycles. The lowest BCUT2D eigenvalue weighted by molar-refractivity contribution is 0.259. The maximum absolute atomic E-state index is 6.30. The summed E-state index contributed by atoms with van der Waals surface area (Å²) in [7, 11) is -1.61. The van der Waals surface area contributed by atoms with Gasteiger partial charge in [-0.15, -0.1) is 0 Å². The van der Waals surface area contributed by atoms with E-state index in [1.165, 1.54) is 37.7 Å². The number of hydrogen-bond donors (Lipinski definition) is 0. The second kappa shape index (κ2) is 10.4. The largest absolute Gasteiger partial charge is 0.416 e. The first-order valence-corrected chi connectivity index (χ1v) is 12.0. The lowest BCUT2D eigenvalue weighted by Gasteiger charge is -2.36. The number of allylic oxidation sites excluding steroid dienone is 3. The summed E-state index contributed by atoms with van der Waals surface area (Å²) in [5.74, 6) is 0.485. The van der Waals surface area contributed by atoms with Gasteiger partial charge in [-0.2, -0.15) is 0 Å². The van der Waals surface area contributed by atoms with Gasteiger partial charge in [0.15, 0.2) is 8.32 Å². The van der Waals surface area contributed by atoms with Crippen LogP contribution in [-0.4, -0.2) is 14.9 Å². The van der Waals surface area contributed by atoms with E-state index in [0.29, 0.717) is 11.0 Å². The Balaban J connectivity index is 4.17. The van der Waals surface area contributed by atoms with Gasteiger partial charge < -0.3 is 4.43 Å². The summed E-state index contributed by atoms with van der Waals surface area (Å²) >= 11 is 0. The van der Waals surface area contributed by atoms with Crippen molar-refractivity contribution in [3.05, 3.63) is 23.8 Å². The quantitative estimate of drug-likeness (QED) is 0.236. The summed E-state index contributed by atoms with van der Waals surface area (Å²) in [5.41, 5.74) is 1.36. The molecule has 2 heteroatoms. The maximum Gasteiger partial charge on any atom is 0.192 e. The van der Waals surface area contributed by atoms with Crippen molar-refractivity contribution in [3.63, 3.8) is 0 Å². The van der Waals surface area contributed by atoms with Crippen LogP contribution in [0, 0.1) is 5.92 Å². The van der Waals surface area contributed by atoms with E-state index in [-0.39, 0.29) is 0 Å². The summed E-state index contributed by atoms with van der Waals surface area (Å²) < 4.78 is 6.30. The zero-order chi connectivity index (χ0) is 17.2. The van der Waals surface area contributed by atoms with Gasteiger partial charge in [0, 0.05) is 6.61 Å². The highest BCUT2D eigenvalue weighted by molar-refractivity contribution is 6.74. The van der Waals surface area contributed by atoms with E-state index >= 15 is 0 Å². The van der Waals surface area contributed by atoms with Crippen molar-refractivity contribution in [2.45, 2.75) is 91.8 Å². The smallest absolute Gasteiger partial charge is 0.192 e. The zero-order valence-corrected chi connectivity index (χ0v) is 17.5. The molecule has 0 N–H and O–H groups in total. The Labute approximate surface area is 141 Å². The van der Waals surface area contributed by atoms with E-state index in [2.05, 4.69) is 72.9 Å². The van der Waals surface area contributed by atoms with Gasteiger partial charge in [0.1, 0.15) is 0 Å². The van der Waals surface area contributed by atoms with Crippen LogP contribution in [0.3, 0.4) is 0 Å². The zero-order valence-electron chi connectivity index (χ0n) is 16.5. The molecule has 0 aromatic carbocycles. The molecule has 0 spiro atoms. The molecule has 0 fully saturated rings. The second-order valence-electron chi connectivity index (χ2n) is 8.21. The number of hydrogen-bond acceptors (Lipinski definition) is 1. The fourth-order valence-corrected chi connectivity index (χ4v) is 3.18. The second-order valence-corrected chi connectivity index (χ2v) is 13.0. The minimum atomic E-state index is -1.61. The van der Waals surface area contributed by atoms with Crippen LogP contribution in [0.2, 0.25) is 18.1 Å². The third-order valence-electron chi connectivity index (χ3n) is 4.67. The molecule has 22 heavy (non-hydrogen) atoms. The Kier molecular flexibility index (Phi) is 10.3. The number of rotatable bonds is 10. The maximum atomic E-state index is 6.30. The molecule has 0 aliphatic rings. The first-order valence-electron chi connectivity index (χ1n) is 9.09. The van der Waals surface area contributed by atoms with Gasteiger partial charge in [-0.25, -0.2) is 0 Å². The minimum absolute atomic E-state index is 0.296. The van der Waals surface area contributed by atoms with Crippen molar-refractivity contribution >= 4 is 8.32 Å². The van der Waals surface area contributed by atoms with Crippen LogP contribution in [0.5, 0.6) is 0 Å². The van der Waals surface area contributed by atoms with E-state index in [9.17, 15) is 0 Å². The first-order chi connectivity index (χ1) is 10.1. The molecule has 1 nitrogen and oxygen atoms in total. The lowest BCUT2D eigenvalue weighted by atomic mass is 10.1. The molecular formula is C20H40OSi. The average molecular weight is 325 g/mol. The normalized spacial score (nSPS) is 15.5. The minimum Gasteiger partial charge on any atom is -0.416 e. The summed E-state index contributed by atoms with van der Waals surface area (Å²) in [5, 5.41) is 0.296. The predicted molar refractivity (Wildman–Crippen MR) is 104 cm³/mol. The first kappa shape index (κ1) is 21.7. The van der Waals surface area contributed by atoms with Gasteiger partial charge in [0.2, 0.25) is 0 Å². The van der Waals surface area contributed by atoms with Gasteiger partial charge in [0.05, 0.1) is 0 Å². The van der Waals surface area contributed by atoms with Gasteiger partial charge >= 0.3 is 0 Å². The third kappa shape index (κ3) is 9.63. The van der Waals surface area contributed by atoms with Gasteiger partial charge in [-0.3, -0.25) is 0 Å². The Morgan fingerprint density at radius 2 is 1.77 bits per heavy atom. The molecule has 0 aromatic heterocycles. The van der Waals surface area contributed by atoms with Crippen molar-refractivity contribution < 1.29 is 4.43 Å². The molecule has 0 aromatic rings. The molecule has 0 bridgehead atoms. The highest BCUT2D eigenvalue weighted by Gasteiger charge is 2.37. The molecule has 0 aliphatic heterocycles. The molecule has 0 rings (SSSR count). The van der Waals surface area contributed by atoms with Crippen molar-refractivity contribution in [1.82, 2.24) is 0 Å². The van der Waals surface area contributed by atoms with Crippen molar-refractivity contribution in [3.8, 4) is 0 Å².